The molecule has 8 heteroatoms. The number of nitrogens with one attached hydrogen (secondary N) is 1. The summed E-state index contributed by atoms with van der Waals surface area (Å²) < 4.78 is 5.57. The van der Waals surface area contributed by atoms with E-state index in [1.807, 2.05) is 0 Å². The smallest absolute Gasteiger partial charge is 0.332 e. The molecule has 116 valence electrons. The van der Waals surface area contributed by atoms with Gasteiger partial charge in [-0.25, -0.2) is 4.98 Å². The average Bonchev–Trinajstić information content (AvgIpc) is 3.26. The zero-order chi connectivity index (χ0) is 15.4. The molecule has 8 nitrogen and oxygen atoms in total. The SMILES string of the molecule is CNc1nc(C)c([N+](=O)[O-])c(N(C)CCOCC2CC2)n1. The Kier molecular flexibility index (Phi) is 4.89. The number of hydrogen-bond acceptors (Lipinski definition) is 7. The van der Waals surface area contributed by atoms with Gasteiger partial charge in [-0.1, -0.05) is 0 Å². The van der Waals surface area contributed by atoms with E-state index < -0.39 is 4.92 Å². The minimum absolute atomic E-state index is 0.0568. The van der Waals surface area contributed by atoms with Crippen LogP contribution in [0, 0.1) is 23.0 Å². The van der Waals surface area contributed by atoms with E-state index in [0.29, 0.717) is 36.5 Å². The molecule has 0 amide bonds. The first-order chi connectivity index (χ1) is 10.0. The number of ether oxygens (including phenoxy) is 1. The first-order valence-corrected chi connectivity index (χ1v) is 7.02. The Morgan fingerprint density at radius 1 is 1.48 bits per heavy atom. The highest BCUT2D eigenvalue weighted by molar-refractivity contribution is 5.62. The predicted octanol–water partition coefficient (Wildman–Crippen LogP) is 1.60. The molecule has 0 radical (unpaired) electrons. The van der Waals surface area contributed by atoms with E-state index in [0.717, 1.165) is 6.61 Å². The molecule has 0 aliphatic heterocycles. The molecule has 0 spiro atoms. The highest BCUT2D eigenvalue weighted by Gasteiger charge is 2.25. The van der Waals surface area contributed by atoms with Crippen LogP contribution in [0.4, 0.5) is 17.5 Å². The van der Waals surface area contributed by atoms with Gasteiger partial charge in [0.05, 0.1) is 11.5 Å². The second-order valence-corrected chi connectivity index (χ2v) is 5.25. The number of anilines is 2. The van der Waals surface area contributed by atoms with Crippen LogP contribution in [0.1, 0.15) is 18.5 Å². The molecule has 0 aromatic carbocycles. The minimum Gasteiger partial charge on any atom is -0.379 e. The number of aromatic nitrogens is 2. The fraction of sp³-hybridized carbons (Fsp3) is 0.692. The highest BCUT2D eigenvalue weighted by Crippen LogP contribution is 2.30. The Labute approximate surface area is 123 Å². The monoisotopic (exact) mass is 295 g/mol. The number of nitro groups is 1. The molecule has 0 unspecified atom stereocenters. The van der Waals surface area contributed by atoms with E-state index in [2.05, 4.69) is 15.3 Å². The molecule has 0 bridgehead atoms. The van der Waals surface area contributed by atoms with Crippen molar-refractivity contribution in [2.24, 2.45) is 5.92 Å². The molecule has 21 heavy (non-hydrogen) atoms. The van der Waals surface area contributed by atoms with Crippen molar-refractivity contribution in [3.8, 4) is 0 Å². The molecule has 1 saturated carbocycles. The lowest BCUT2D eigenvalue weighted by Crippen LogP contribution is -2.25. The van der Waals surface area contributed by atoms with Gasteiger partial charge in [-0.15, -0.1) is 0 Å². The lowest BCUT2D eigenvalue weighted by Gasteiger charge is -2.19. The molecule has 1 aromatic rings. The van der Waals surface area contributed by atoms with Crippen molar-refractivity contribution in [3.05, 3.63) is 15.8 Å². The summed E-state index contributed by atoms with van der Waals surface area (Å²) in [6.07, 6.45) is 2.50. The molecule has 0 atom stereocenters. The number of aryl methyl sites for hydroxylation is 1. The van der Waals surface area contributed by atoms with E-state index in [4.69, 9.17) is 4.74 Å². The zero-order valence-corrected chi connectivity index (χ0v) is 12.6. The fourth-order valence-electron chi connectivity index (χ4n) is 1.99. The van der Waals surface area contributed by atoms with E-state index in [1.54, 1.807) is 25.9 Å². The van der Waals surface area contributed by atoms with Crippen molar-refractivity contribution in [3.63, 3.8) is 0 Å². The Morgan fingerprint density at radius 3 is 2.76 bits per heavy atom. The van der Waals surface area contributed by atoms with Crippen LogP contribution in [-0.4, -0.2) is 48.7 Å². The molecule has 1 aliphatic rings. The molecular formula is C13H21N5O3. The molecule has 1 aromatic heterocycles. The molecule has 1 heterocycles. The summed E-state index contributed by atoms with van der Waals surface area (Å²) in [6.45, 7) is 3.47. The van der Waals surface area contributed by atoms with Crippen molar-refractivity contribution in [1.82, 2.24) is 9.97 Å². The van der Waals surface area contributed by atoms with E-state index in [-0.39, 0.29) is 5.69 Å². The van der Waals surface area contributed by atoms with Gasteiger partial charge in [-0.05, 0) is 25.7 Å². The van der Waals surface area contributed by atoms with Gasteiger partial charge in [-0.3, -0.25) is 10.1 Å². The van der Waals surface area contributed by atoms with Crippen LogP contribution in [0.3, 0.4) is 0 Å². The standard InChI is InChI=1S/C13H21N5O3/c1-9-11(18(19)20)12(16-13(14-2)15-9)17(3)6-7-21-8-10-4-5-10/h10H,4-8H2,1-3H3,(H,14,15,16). The summed E-state index contributed by atoms with van der Waals surface area (Å²) >= 11 is 0. The number of rotatable bonds is 8. The topological polar surface area (TPSA) is 93.4 Å². The number of hydrogen-bond donors (Lipinski definition) is 1. The van der Waals surface area contributed by atoms with Gasteiger partial charge < -0.3 is 15.0 Å². The van der Waals surface area contributed by atoms with Crippen LogP contribution in [0.5, 0.6) is 0 Å². The maximum absolute atomic E-state index is 11.2. The van der Waals surface area contributed by atoms with Crippen molar-refractivity contribution in [2.75, 3.05) is 44.1 Å². The Morgan fingerprint density at radius 2 is 2.19 bits per heavy atom. The van der Waals surface area contributed by atoms with Gasteiger partial charge in [0.2, 0.25) is 11.8 Å². The predicted molar refractivity (Wildman–Crippen MR) is 79.8 cm³/mol. The van der Waals surface area contributed by atoms with E-state index >= 15 is 0 Å². The van der Waals surface area contributed by atoms with E-state index in [1.165, 1.54) is 12.8 Å². The third kappa shape index (κ3) is 4.01. The summed E-state index contributed by atoms with van der Waals surface area (Å²) in [6, 6.07) is 0. The summed E-state index contributed by atoms with van der Waals surface area (Å²) in [5.74, 6) is 1.40. The molecule has 1 fully saturated rings. The number of nitrogens with zero attached hydrogens (tertiary/aromatic N) is 4. The number of likely N-dealkylation sites (N-methyl/N-ethyl adjacent to an activating group) is 1. The summed E-state index contributed by atoms with van der Waals surface area (Å²) in [4.78, 5) is 20.8. The van der Waals surface area contributed by atoms with Gasteiger partial charge in [0.1, 0.15) is 5.69 Å². The minimum atomic E-state index is -0.439. The Hall–Kier alpha value is -1.96. The zero-order valence-electron chi connectivity index (χ0n) is 12.6. The van der Waals surface area contributed by atoms with Gasteiger partial charge in [0.25, 0.3) is 0 Å². The molecule has 1 aliphatic carbocycles. The molecular weight excluding hydrogens is 274 g/mol. The van der Waals surface area contributed by atoms with Crippen molar-refractivity contribution in [1.29, 1.82) is 0 Å². The third-order valence-electron chi connectivity index (χ3n) is 3.43. The van der Waals surface area contributed by atoms with Crippen LogP contribution >= 0.6 is 0 Å². The largest absolute Gasteiger partial charge is 0.379 e. The van der Waals surface area contributed by atoms with Crippen LogP contribution in [-0.2, 0) is 4.74 Å². The quantitative estimate of drug-likeness (QED) is 0.442. The highest BCUT2D eigenvalue weighted by atomic mass is 16.6. The van der Waals surface area contributed by atoms with Crippen molar-refractivity contribution < 1.29 is 9.66 Å². The first kappa shape index (κ1) is 15.4. The second kappa shape index (κ2) is 6.66. The summed E-state index contributed by atoms with van der Waals surface area (Å²) in [7, 11) is 3.46. The van der Waals surface area contributed by atoms with Gasteiger partial charge in [-0.2, -0.15) is 4.98 Å². The second-order valence-electron chi connectivity index (χ2n) is 5.25. The maximum atomic E-state index is 11.2. The lowest BCUT2D eigenvalue weighted by molar-refractivity contribution is -0.385. The summed E-state index contributed by atoms with van der Waals surface area (Å²) in [5.41, 5.74) is 0.291. The van der Waals surface area contributed by atoms with E-state index in [9.17, 15) is 10.1 Å². The Bertz CT molecular complexity index is 519. The molecule has 2 rings (SSSR count). The molecule has 1 N–H and O–H groups in total. The molecule has 0 saturated heterocycles. The van der Waals surface area contributed by atoms with Gasteiger partial charge in [0.15, 0.2) is 0 Å². The van der Waals surface area contributed by atoms with Crippen LogP contribution in [0.25, 0.3) is 0 Å². The maximum Gasteiger partial charge on any atom is 0.332 e. The Balaban J connectivity index is 2.07. The van der Waals surface area contributed by atoms with Crippen LogP contribution < -0.4 is 10.2 Å². The van der Waals surface area contributed by atoms with Crippen LogP contribution in [0.15, 0.2) is 0 Å². The average molecular weight is 295 g/mol. The van der Waals surface area contributed by atoms with Gasteiger partial charge in [0, 0.05) is 27.2 Å². The third-order valence-corrected chi connectivity index (χ3v) is 3.43. The summed E-state index contributed by atoms with van der Waals surface area (Å²) in [5, 5.41) is 14.0. The lowest BCUT2D eigenvalue weighted by atomic mass is 10.3. The van der Waals surface area contributed by atoms with Crippen molar-refractivity contribution >= 4 is 17.5 Å². The van der Waals surface area contributed by atoms with Gasteiger partial charge >= 0.3 is 5.69 Å². The fourth-order valence-corrected chi connectivity index (χ4v) is 1.99. The van der Waals surface area contributed by atoms with Crippen LogP contribution in [0.2, 0.25) is 0 Å². The van der Waals surface area contributed by atoms with Crippen molar-refractivity contribution in [2.45, 2.75) is 19.8 Å². The normalized spacial score (nSPS) is 14.0. The first-order valence-electron chi connectivity index (χ1n) is 7.02.